The maximum Gasteiger partial charge on any atom is 0.0935 e. The Kier molecular flexibility index (Phi) is 3.32. The van der Waals surface area contributed by atoms with E-state index in [4.69, 9.17) is 10.5 Å². The van der Waals surface area contributed by atoms with Crippen molar-refractivity contribution >= 4 is 0 Å². The van der Waals surface area contributed by atoms with Crippen LogP contribution in [0.5, 0.6) is 0 Å². The van der Waals surface area contributed by atoms with E-state index in [0.717, 1.165) is 0 Å². The first-order chi connectivity index (χ1) is 4.12. The Morgan fingerprint density at radius 1 is 1.67 bits per heavy atom. The summed E-state index contributed by atoms with van der Waals surface area (Å²) in [7, 11) is 0. The number of nitrogens with two attached hydrogens (primary N) is 1. The van der Waals surface area contributed by atoms with Crippen LogP contribution in [0, 0.1) is 5.41 Å². The molecule has 0 atom stereocenters. The smallest absolute Gasteiger partial charge is 0.0935 e. The summed E-state index contributed by atoms with van der Waals surface area (Å²) in [5, 5.41) is 0. The van der Waals surface area contributed by atoms with Gasteiger partial charge in [0.15, 0.2) is 0 Å². The fraction of sp³-hybridized carbons (Fsp3) is 0.714. The topological polar surface area (TPSA) is 35.2 Å². The molecule has 2 nitrogen and oxygen atoms in total. The monoisotopic (exact) mass is 129 g/mol. The Balaban J connectivity index is 3.44. The van der Waals surface area contributed by atoms with Crippen LogP contribution in [0.1, 0.15) is 13.8 Å². The van der Waals surface area contributed by atoms with Gasteiger partial charge in [-0.05, 0) is 0 Å². The van der Waals surface area contributed by atoms with Crippen molar-refractivity contribution in [2.24, 2.45) is 11.1 Å². The van der Waals surface area contributed by atoms with E-state index in [0.29, 0.717) is 13.2 Å². The molecule has 2 heteroatoms. The maximum atomic E-state index is 5.43. The van der Waals surface area contributed by atoms with Crippen molar-refractivity contribution in [1.29, 1.82) is 0 Å². The van der Waals surface area contributed by atoms with Crippen LogP contribution in [0.4, 0.5) is 0 Å². The molecule has 0 amide bonds. The lowest BCUT2D eigenvalue weighted by Crippen LogP contribution is -2.27. The second kappa shape index (κ2) is 3.51. The van der Waals surface area contributed by atoms with Crippen molar-refractivity contribution in [3.63, 3.8) is 0 Å². The Hall–Kier alpha value is -0.500. The largest absolute Gasteiger partial charge is 0.501 e. The van der Waals surface area contributed by atoms with E-state index >= 15 is 0 Å². The summed E-state index contributed by atoms with van der Waals surface area (Å²) in [5.41, 5.74) is 5.51. The van der Waals surface area contributed by atoms with Crippen molar-refractivity contribution < 1.29 is 4.74 Å². The zero-order valence-corrected chi connectivity index (χ0v) is 6.18. The summed E-state index contributed by atoms with van der Waals surface area (Å²) in [6.45, 7) is 8.82. The standard InChI is InChI=1S/C7H15NO/c1-4-9-6-7(2,3)5-8/h4H,1,5-6,8H2,2-3H3. The van der Waals surface area contributed by atoms with Gasteiger partial charge in [-0.15, -0.1) is 0 Å². The minimum atomic E-state index is 0.0776. The first-order valence-electron chi connectivity index (χ1n) is 3.05. The van der Waals surface area contributed by atoms with Crippen molar-refractivity contribution in [2.75, 3.05) is 13.2 Å². The van der Waals surface area contributed by atoms with E-state index in [1.54, 1.807) is 0 Å². The molecule has 0 aliphatic rings. The molecule has 0 aliphatic heterocycles. The van der Waals surface area contributed by atoms with Gasteiger partial charge < -0.3 is 10.5 Å². The van der Waals surface area contributed by atoms with Gasteiger partial charge in [0.2, 0.25) is 0 Å². The number of ether oxygens (including phenoxy) is 1. The highest BCUT2D eigenvalue weighted by Gasteiger charge is 2.14. The highest BCUT2D eigenvalue weighted by molar-refractivity contribution is 4.69. The summed E-state index contributed by atoms with van der Waals surface area (Å²) in [4.78, 5) is 0. The molecule has 0 aromatic heterocycles. The van der Waals surface area contributed by atoms with E-state index in [2.05, 4.69) is 20.4 Å². The molecular formula is C7H15NO. The normalized spacial score (nSPS) is 11.0. The Labute approximate surface area is 56.7 Å². The molecule has 0 fully saturated rings. The minimum Gasteiger partial charge on any atom is -0.501 e. The molecule has 0 aromatic rings. The summed E-state index contributed by atoms with van der Waals surface area (Å²) in [5.74, 6) is 0. The van der Waals surface area contributed by atoms with Gasteiger partial charge in [-0.2, -0.15) is 0 Å². The second-order valence-corrected chi connectivity index (χ2v) is 2.85. The molecule has 9 heavy (non-hydrogen) atoms. The van der Waals surface area contributed by atoms with Crippen LogP contribution in [0.2, 0.25) is 0 Å². The third-order valence-corrected chi connectivity index (χ3v) is 1.14. The lowest BCUT2D eigenvalue weighted by molar-refractivity contribution is 0.144. The van der Waals surface area contributed by atoms with Gasteiger partial charge in [0, 0.05) is 12.0 Å². The van der Waals surface area contributed by atoms with Crippen molar-refractivity contribution in [2.45, 2.75) is 13.8 Å². The predicted molar refractivity (Wildman–Crippen MR) is 39.0 cm³/mol. The van der Waals surface area contributed by atoms with Gasteiger partial charge in [-0.25, -0.2) is 0 Å². The third-order valence-electron chi connectivity index (χ3n) is 1.14. The van der Waals surface area contributed by atoms with Gasteiger partial charge in [-0.1, -0.05) is 20.4 Å². The maximum absolute atomic E-state index is 5.43. The lowest BCUT2D eigenvalue weighted by atomic mass is 9.95. The van der Waals surface area contributed by atoms with Crippen LogP contribution < -0.4 is 5.73 Å². The lowest BCUT2D eigenvalue weighted by Gasteiger charge is -2.20. The highest BCUT2D eigenvalue weighted by Crippen LogP contribution is 2.11. The molecular weight excluding hydrogens is 114 g/mol. The van der Waals surface area contributed by atoms with Crippen LogP contribution in [-0.4, -0.2) is 13.2 Å². The summed E-state index contributed by atoms with van der Waals surface area (Å²) in [6.07, 6.45) is 1.44. The summed E-state index contributed by atoms with van der Waals surface area (Å²) < 4.78 is 4.97. The summed E-state index contributed by atoms with van der Waals surface area (Å²) in [6, 6.07) is 0. The van der Waals surface area contributed by atoms with Crippen LogP contribution >= 0.6 is 0 Å². The van der Waals surface area contributed by atoms with Crippen LogP contribution in [0.3, 0.4) is 0 Å². The van der Waals surface area contributed by atoms with Gasteiger partial charge in [0.05, 0.1) is 12.9 Å². The minimum absolute atomic E-state index is 0.0776. The SMILES string of the molecule is C=COCC(C)(C)CN. The van der Waals surface area contributed by atoms with Crippen LogP contribution in [0.15, 0.2) is 12.8 Å². The van der Waals surface area contributed by atoms with Gasteiger partial charge in [0.25, 0.3) is 0 Å². The second-order valence-electron chi connectivity index (χ2n) is 2.85. The quantitative estimate of drug-likeness (QED) is 0.577. The van der Waals surface area contributed by atoms with E-state index in [1.165, 1.54) is 6.26 Å². The number of hydrogen-bond donors (Lipinski definition) is 1. The van der Waals surface area contributed by atoms with E-state index in [1.807, 2.05) is 0 Å². The highest BCUT2D eigenvalue weighted by atomic mass is 16.5. The average Bonchev–Trinajstić information content (AvgIpc) is 1.84. The molecule has 0 unspecified atom stereocenters. The molecule has 0 aliphatic carbocycles. The number of rotatable bonds is 4. The molecule has 0 spiro atoms. The van der Waals surface area contributed by atoms with Crippen LogP contribution in [0.25, 0.3) is 0 Å². The molecule has 0 heterocycles. The first kappa shape index (κ1) is 8.50. The third kappa shape index (κ3) is 4.03. The molecule has 0 saturated carbocycles. The Morgan fingerprint density at radius 3 is 2.56 bits per heavy atom. The first-order valence-corrected chi connectivity index (χ1v) is 3.05. The van der Waals surface area contributed by atoms with Gasteiger partial charge in [0.1, 0.15) is 0 Å². The Bertz CT molecular complexity index is 88.9. The zero-order valence-electron chi connectivity index (χ0n) is 6.18. The summed E-state index contributed by atoms with van der Waals surface area (Å²) >= 11 is 0. The van der Waals surface area contributed by atoms with Crippen molar-refractivity contribution in [3.05, 3.63) is 12.8 Å². The van der Waals surface area contributed by atoms with Gasteiger partial charge in [-0.3, -0.25) is 0 Å². The average molecular weight is 129 g/mol. The molecule has 0 aromatic carbocycles. The Morgan fingerprint density at radius 2 is 2.22 bits per heavy atom. The van der Waals surface area contributed by atoms with Crippen LogP contribution in [-0.2, 0) is 4.74 Å². The fourth-order valence-electron chi connectivity index (χ4n) is 0.343. The fourth-order valence-corrected chi connectivity index (χ4v) is 0.343. The van der Waals surface area contributed by atoms with E-state index < -0.39 is 0 Å². The van der Waals surface area contributed by atoms with Crippen molar-refractivity contribution in [1.82, 2.24) is 0 Å². The zero-order chi connectivity index (χ0) is 7.33. The molecule has 2 N–H and O–H groups in total. The molecule has 0 saturated heterocycles. The molecule has 0 radical (unpaired) electrons. The molecule has 54 valence electrons. The number of hydrogen-bond acceptors (Lipinski definition) is 2. The van der Waals surface area contributed by atoms with E-state index in [9.17, 15) is 0 Å². The predicted octanol–water partition coefficient (Wildman–Crippen LogP) is 1.13. The van der Waals surface area contributed by atoms with E-state index in [-0.39, 0.29) is 5.41 Å². The molecule has 0 rings (SSSR count). The van der Waals surface area contributed by atoms with Gasteiger partial charge >= 0.3 is 0 Å². The van der Waals surface area contributed by atoms with Crippen molar-refractivity contribution in [3.8, 4) is 0 Å². The molecule has 0 bridgehead atoms.